The van der Waals surface area contributed by atoms with Crippen molar-refractivity contribution >= 4 is 5.97 Å². The molecule has 2 unspecified atom stereocenters. The molecule has 2 atom stereocenters. The van der Waals surface area contributed by atoms with E-state index in [9.17, 15) is 9.18 Å². The molecule has 0 amide bonds. The lowest BCUT2D eigenvalue weighted by Gasteiger charge is -2.34. The van der Waals surface area contributed by atoms with Crippen LogP contribution >= 0.6 is 0 Å². The predicted octanol–water partition coefficient (Wildman–Crippen LogP) is 2.25. The van der Waals surface area contributed by atoms with Gasteiger partial charge >= 0.3 is 5.97 Å². The number of piperidine rings is 1. The van der Waals surface area contributed by atoms with Gasteiger partial charge < -0.3 is 9.84 Å². The molecule has 110 valence electrons. The highest BCUT2D eigenvalue weighted by atomic mass is 19.1. The summed E-state index contributed by atoms with van der Waals surface area (Å²) in [6, 6.07) is 6.29. The van der Waals surface area contributed by atoms with E-state index < -0.39 is 5.97 Å². The summed E-state index contributed by atoms with van der Waals surface area (Å²) in [5, 5.41) is 9.11. The van der Waals surface area contributed by atoms with Crippen LogP contribution in [-0.2, 0) is 4.79 Å². The Bertz CT molecular complexity index is 466. The highest BCUT2D eigenvalue weighted by Crippen LogP contribution is 2.22. The molecule has 1 aromatic rings. The summed E-state index contributed by atoms with van der Waals surface area (Å²) in [6.07, 6.45) is 0.722. The summed E-state index contributed by atoms with van der Waals surface area (Å²) in [7, 11) is 0. The van der Waals surface area contributed by atoms with Crippen molar-refractivity contribution in [3.63, 3.8) is 0 Å². The third-order valence-electron chi connectivity index (χ3n) is 3.59. The SMILES string of the molecule is CC1CC(C(=O)O)CN(CCOc2ccccc2F)C1. The van der Waals surface area contributed by atoms with Gasteiger partial charge in [-0.2, -0.15) is 0 Å². The van der Waals surface area contributed by atoms with E-state index in [0.717, 1.165) is 13.0 Å². The predicted molar refractivity (Wildman–Crippen MR) is 73.2 cm³/mol. The van der Waals surface area contributed by atoms with Crippen LogP contribution in [0.2, 0.25) is 0 Å². The first-order valence-electron chi connectivity index (χ1n) is 6.88. The molecule has 1 aliphatic rings. The van der Waals surface area contributed by atoms with Gasteiger partial charge in [-0.3, -0.25) is 9.69 Å². The Hall–Kier alpha value is -1.62. The molecule has 0 radical (unpaired) electrons. The minimum atomic E-state index is -0.739. The number of hydrogen-bond acceptors (Lipinski definition) is 3. The maximum atomic E-state index is 13.4. The third-order valence-corrected chi connectivity index (χ3v) is 3.59. The van der Waals surface area contributed by atoms with Crippen molar-refractivity contribution in [3.05, 3.63) is 30.1 Å². The molecule has 5 heteroatoms. The highest BCUT2D eigenvalue weighted by Gasteiger charge is 2.29. The van der Waals surface area contributed by atoms with Crippen molar-refractivity contribution in [2.75, 3.05) is 26.2 Å². The Morgan fingerprint density at radius 2 is 2.20 bits per heavy atom. The lowest BCUT2D eigenvalue weighted by Crippen LogP contribution is -2.44. The lowest BCUT2D eigenvalue weighted by molar-refractivity contribution is -0.144. The van der Waals surface area contributed by atoms with Crippen LogP contribution in [0.5, 0.6) is 5.75 Å². The quantitative estimate of drug-likeness (QED) is 0.899. The van der Waals surface area contributed by atoms with Gasteiger partial charge in [0.1, 0.15) is 6.61 Å². The van der Waals surface area contributed by atoms with Crippen molar-refractivity contribution in [1.29, 1.82) is 0 Å². The fraction of sp³-hybridized carbons (Fsp3) is 0.533. The zero-order valence-electron chi connectivity index (χ0n) is 11.6. The summed E-state index contributed by atoms with van der Waals surface area (Å²) in [5.74, 6) is -0.822. The minimum Gasteiger partial charge on any atom is -0.489 e. The van der Waals surface area contributed by atoms with E-state index in [1.54, 1.807) is 18.2 Å². The molecule has 2 rings (SSSR count). The summed E-state index contributed by atoms with van der Waals surface area (Å²) < 4.78 is 18.8. The average Bonchev–Trinajstić information content (AvgIpc) is 2.40. The molecule has 1 fully saturated rings. The van der Waals surface area contributed by atoms with Gasteiger partial charge in [0.2, 0.25) is 0 Å². The Morgan fingerprint density at radius 3 is 2.90 bits per heavy atom. The van der Waals surface area contributed by atoms with Crippen LogP contribution in [0.1, 0.15) is 13.3 Å². The van der Waals surface area contributed by atoms with Crippen molar-refractivity contribution in [1.82, 2.24) is 4.90 Å². The van der Waals surface area contributed by atoms with Gasteiger partial charge in [-0.15, -0.1) is 0 Å². The van der Waals surface area contributed by atoms with Gasteiger partial charge in [0.15, 0.2) is 11.6 Å². The smallest absolute Gasteiger partial charge is 0.307 e. The Balaban J connectivity index is 1.81. The van der Waals surface area contributed by atoms with Crippen LogP contribution in [0.25, 0.3) is 0 Å². The van der Waals surface area contributed by atoms with E-state index in [1.165, 1.54) is 6.07 Å². The second kappa shape index (κ2) is 6.70. The second-order valence-electron chi connectivity index (χ2n) is 5.41. The van der Waals surface area contributed by atoms with Crippen LogP contribution in [0.15, 0.2) is 24.3 Å². The molecule has 0 aliphatic carbocycles. The van der Waals surface area contributed by atoms with Gasteiger partial charge in [0.25, 0.3) is 0 Å². The monoisotopic (exact) mass is 281 g/mol. The van der Waals surface area contributed by atoms with E-state index >= 15 is 0 Å². The normalized spacial score (nSPS) is 23.5. The van der Waals surface area contributed by atoms with Crippen LogP contribution in [0.4, 0.5) is 4.39 Å². The maximum absolute atomic E-state index is 13.4. The number of nitrogens with zero attached hydrogens (tertiary/aromatic N) is 1. The van der Waals surface area contributed by atoms with Crippen LogP contribution < -0.4 is 4.74 Å². The number of carboxylic acids is 1. The number of para-hydroxylation sites is 1. The largest absolute Gasteiger partial charge is 0.489 e. The number of halogens is 1. The maximum Gasteiger partial charge on any atom is 0.307 e. The molecule has 4 nitrogen and oxygen atoms in total. The van der Waals surface area contributed by atoms with Crippen molar-refractivity contribution in [2.24, 2.45) is 11.8 Å². The Kier molecular flexibility index (Phi) is 4.95. The zero-order chi connectivity index (χ0) is 14.5. The van der Waals surface area contributed by atoms with Crippen molar-refractivity contribution in [2.45, 2.75) is 13.3 Å². The molecule has 0 spiro atoms. The summed E-state index contributed by atoms with van der Waals surface area (Å²) in [4.78, 5) is 13.2. The number of benzene rings is 1. The number of ether oxygens (including phenoxy) is 1. The fourth-order valence-electron chi connectivity index (χ4n) is 2.67. The first-order chi connectivity index (χ1) is 9.56. The topological polar surface area (TPSA) is 49.8 Å². The number of hydrogen-bond donors (Lipinski definition) is 1. The summed E-state index contributed by atoms with van der Waals surface area (Å²) >= 11 is 0. The van der Waals surface area contributed by atoms with E-state index in [0.29, 0.717) is 25.6 Å². The van der Waals surface area contributed by atoms with E-state index in [2.05, 4.69) is 11.8 Å². The van der Waals surface area contributed by atoms with Crippen molar-refractivity contribution < 1.29 is 19.0 Å². The molecule has 0 saturated carbocycles. The molecule has 1 saturated heterocycles. The molecule has 1 N–H and O–H groups in total. The van der Waals surface area contributed by atoms with Gasteiger partial charge in [0, 0.05) is 19.6 Å². The Morgan fingerprint density at radius 1 is 1.45 bits per heavy atom. The van der Waals surface area contributed by atoms with Crippen LogP contribution in [-0.4, -0.2) is 42.2 Å². The lowest BCUT2D eigenvalue weighted by atomic mass is 9.90. The fourth-order valence-corrected chi connectivity index (χ4v) is 2.67. The summed E-state index contributed by atoms with van der Waals surface area (Å²) in [5.41, 5.74) is 0. The molecule has 1 aromatic carbocycles. The highest BCUT2D eigenvalue weighted by molar-refractivity contribution is 5.70. The van der Waals surface area contributed by atoms with Gasteiger partial charge in [-0.25, -0.2) is 4.39 Å². The zero-order valence-corrected chi connectivity index (χ0v) is 11.6. The van der Waals surface area contributed by atoms with E-state index in [1.807, 2.05) is 0 Å². The third kappa shape index (κ3) is 3.93. The number of carbonyl (C=O) groups is 1. The molecule has 20 heavy (non-hydrogen) atoms. The first kappa shape index (κ1) is 14.8. The van der Waals surface area contributed by atoms with Crippen molar-refractivity contribution in [3.8, 4) is 5.75 Å². The van der Waals surface area contributed by atoms with Gasteiger partial charge in [-0.05, 0) is 24.5 Å². The van der Waals surface area contributed by atoms with Gasteiger partial charge in [-0.1, -0.05) is 19.1 Å². The molecule has 0 aromatic heterocycles. The molecular formula is C15H20FNO3. The molecular weight excluding hydrogens is 261 g/mol. The number of aliphatic carboxylic acids is 1. The first-order valence-corrected chi connectivity index (χ1v) is 6.88. The average molecular weight is 281 g/mol. The summed E-state index contributed by atoms with van der Waals surface area (Å²) in [6.45, 7) is 4.44. The van der Waals surface area contributed by atoms with E-state index in [-0.39, 0.29) is 17.5 Å². The number of likely N-dealkylation sites (tertiary alicyclic amines) is 1. The van der Waals surface area contributed by atoms with Gasteiger partial charge in [0.05, 0.1) is 5.92 Å². The minimum absolute atomic E-state index is 0.243. The molecule has 1 heterocycles. The van der Waals surface area contributed by atoms with Crippen LogP contribution in [0.3, 0.4) is 0 Å². The second-order valence-corrected chi connectivity index (χ2v) is 5.41. The molecule has 1 aliphatic heterocycles. The van der Waals surface area contributed by atoms with E-state index in [4.69, 9.17) is 9.84 Å². The Labute approximate surface area is 118 Å². The number of carboxylic acid groups (broad SMARTS) is 1. The molecule has 0 bridgehead atoms. The number of rotatable bonds is 5. The van der Waals surface area contributed by atoms with Crippen LogP contribution in [0, 0.1) is 17.7 Å². The standard InChI is InChI=1S/C15H20FNO3/c1-11-8-12(15(18)19)10-17(9-11)6-7-20-14-5-3-2-4-13(14)16/h2-5,11-12H,6-10H2,1H3,(H,18,19).